The number of methoxy groups -OCH3 is 1. The van der Waals surface area contributed by atoms with Crippen LogP contribution in [0.25, 0.3) is 0 Å². The molecule has 1 unspecified atom stereocenters. The maximum Gasteiger partial charge on any atom is 0.340 e. The Balaban J connectivity index is 2.18. The molecule has 2 N–H and O–H groups in total. The Morgan fingerprint density at radius 1 is 1.48 bits per heavy atom. The highest BCUT2D eigenvalue weighted by Gasteiger charge is 2.30. The number of nitrogens with zero attached hydrogens (tertiary/aromatic N) is 1. The molecule has 1 amide bonds. The van der Waals surface area contributed by atoms with Gasteiger partial charge in [0.05, 0.1) is 12.7 Å². The molecule has 0 bridgehead atoms. The van der Waals surface area contributed by atoms with Gasteiger partial charge >= 0.3 is 5.97 Å². The van der Waals surface area contributed by atoms with Gasteiger partial charge in [-0.25, -0.2) is 4.79 Å². The predicted octanol–water partition coefficient (Wildman–Crippen LogP) is 2.20. The molecule has 1 heterocycles. The van der Waals surface area contributed by atoms with E-state index in [2.05, 4.69) is 6.92 Å². The molecule has 1 aliphatic rings. The Morgan fingerprint density at radius 2 is 2.24 bits per heavy atom. The van der Waals surface area contributed by atoms with E-state index in [0.29, 0.717) is 30.1 Å². The first-order valence-corrected chi connectivity index (χ1v) is 7.30. The Morgan fingerprint density at radius 3 is 2.90 bits per heavy atom. The van der Waals surface area contributed by atoms with Crippen LogP contribution in [0.3, 0.4) is 0 Å². The summed E-state index contributed by atoms with van der Waals surface area (Å²) in [6, 6.07) is 5.28. The summed E-state index contributed by atoms with van der Waals surface area (Å²) in [5.41, 5.74) is 7.37. The Bertz CT molecular complexity index is 542. The van der Waals surface area contributed by atoms with Gasteiger partial charge in [-0.1, -0.05) is 25.5 Å². The van der Waals surface area contributed by atoms with E-state index in [1.807, 2.05) is 11.0 Å². The number of nitrogen functional groups attached to an aromatic ring is 1. The van der Waals surface area contributed by atoms with Crippen molar-refractivity contribution < 1.29 is 14.3 Å². The van der Waals surface area contributed by atoms with E-state index in [9.17, 15) is 9.59 Å². The fraction of sp³-hybridized carbons (Fsp3) is 0.500. The number of likely N-dealkylation sites (tertiary alicyclic amines) is 1. The second-order valence-electron chi connectivity index (χ2n) is 5.51. The average Bonchev–Trinajstić information content (AvgIpc) is 2.79. The van der Waals surface area contributed by atoms with E-state index in [1.54, 1.807) is 12.1 Å². The fourth-order valence-electron chi connectivity index (χ4n) is 2.92. The van der Waals surface area contributed by atoms with Gasteiger partial charge in [0.15, 0.2) is 0 Å². The number of amides is 1. The van der Waals surface area contributed by atoms with Crippen LogP contribution in [0.15, 0.2) is 18.2 Å². The first kappa shape index (κ1) is 15.4. The van der Waals surface area contributed by atoms with Crippen LogP contribution >= 0.6 is 0 Å². The number of nitrogens with two attached hydrogens (primary N) is 1. The number of benzene rings is 1. The molecule has 0 radical (unpaired) electrons. The SMILES string of the molecule is CCCC1CC(=O)N(Cc2cccc(N)c2C(=O)OC)C1. The molecule has 1 aromatic rings. The van der Waals surface area contributed by atoms with Gasteiger partial charge in [-0.3, -0.25) is 4.79 Å². The van der Waals surface area contributed by atoms with Crippen LogP contribution in [-0.4, -0.2) is 30.4 Å². The summed E-state index contributed by atoms with van der Waals surface area (Å²) in [5.74, 6) is 0.108. The predicted molar refractivity (Wildman–Crippen MR) is 80.6 cm³/mol. The maximum atomic E-state index is 12.1. The molecule has 2 rings (SSSR count). The van der Waals surface area contributed by atoms with Crippen LogP contribution in [0.5, 0.6) is 0 Å². The van der Waals surface area contributed by atoms with Gasteiger partial charge in [0.25, 0.3) is 0 Å². The van der Waals surface area contributed by atoms with Gasteiger partial charge in [0.1, 0.15) is 0 Å². The van der Waals surface area contributed by atoms with E-state index >= 15 is 0 Å². The lowest BCUT2D eigenvalue weighted by Crippen LogP contribution is -2.26. The number of hydrogen-bond acceptors (Lipinski definition) is 4. The second kappa shape index (κ2) is 6.61. The van der Waals surface area contributed by atoms with Crippen molar-refractivity contribution in [2.24, 2.45) is 5.92 Å². The molecule has 1 aliphatic heterocycles. The van der Waals surface area contributed by atoms with Crippen LogP contribution in [-0.2, 0) is 16.1 Å². The minimum atomic E-state index is -0.458. The van der Waals surface area contributed by atoms with Crippen molar-refractivity contribution in [1.82, 2.24) is 4.90 Å². The summed E-state index contributed by atoms with van der Waals surface area (Å²) in [7, 11) is 1.33. The number of anilines is 1. The molecule has 114 valence electrons. The van der Waals surface area contributed by atoms with Crippen LogP contribution in [0.1, 0.15) is 42.1 Å². The molecular formula is C16H22N2O3. The van der Waals surface area contributed by atoms with Gasteiger partial charge < -0.3 is 15.4 Å². The molecule has 5 nitrogen and oxygen atoms in total. The summed E-state index contributed by atoms with van der Waals surface area (Å²) >= 11 is 0. The molecule has 0 aromatic heterocycles. The van der Waals surface area contributed by atoms with Crippen LogP contribution < -0.4 is 5.73 Å². The highest BCUT2D eigenvalue weighted by atomic mass is 16.5. The molecular weight excluding hydrogens is 268 g/mol. The van der Waals surface area contributed by atoms with Gasteiger partial charge in [-0.05, 0) is 24.0 Å². The van der Waals surface area contributed by atoms with E-state index in [4.69, 9.17) is 10.5 Å². The molecule has 0 saturated carbocycles. The topological polar surface area (TPSA) is 72.6 Å². The number of carbonyl (C=O) groups excluding carboxylic acids is 2. The van der Waals surface area contributed by atoms with Gasteiger partial charge in [0, 0.05) is 25.2 Å². The zero-order chi connectivity index (χ0) is 15.4. The monoisotopic (exact) mass is 290 g/mol. The van der Waals surface area contributed by atoms with Gasteiger partial charge in [0.2, 0.25) is 5.91 Å². The second-order valence-corrected chi connectivity index (χ2v) is 5.51. The molecule has 21 heavy (non-hydrogen) atoms. The van der Waals surface area contributed by atoms with Crippen molar-refractivity contribution >= 4 is 17.6 Å². The quantitative estimate of drug-likeness (QED) is 0.666. The highest BCUT2D eigenvalue weighted by molar-refractivity contribution is 5.96. The van der Waals surface area contributed by atoms with Crippen molar-refractivity contribution in [1.29, 1.82) is 0 Å². The first-order valence-electron chi connectivity index (χ1n) is 7.30. The van der Waals surface area contributed by atoms with Crippen LogP contribution in [0.4, 0.5) is 5.69 Å². The van der Waals surface area contributed by atoms with Crippen LogP contribution in [0.2, 0.25) is 0 Å². The van der Waals surface area contributed by atoms with E-state index in [-0.39, 0.29) is 5.91 Å². The number of ether oxygens (including phenoxy) is 1. The third kappa shape index (κ3) is 3.35. The first-order chi connectivity index (χ1) is 10.1. The van der Waals surface area contributed by atoms with Gasteiger partial charge in [-0.2, -0.15) is 0 Å². The number of rotatable bonds is 5. The van der Waals surface area contributed by atoms with Crippen molar-refractivity contribution in [2.45, 2.75) is 32.7 Å². The average molecular weight is 290 g/mol. The van der Waals surface area contributed by atoms with Crippen molar-refractivity contribution in [2.75, 3.05) is 19.4 Å². The van der Waals surface area contributed by atoms with Crippen molar-refractivity contribution in [3.05, 3.63) is 29.3 Å². The zero-order valence-electron chi connectivity index (χ0n) is 12.6. The molecule has 5 heteroatoms. The molecule has 1 atom stereocenters. The number of hydrogen-bond donors (Lipinski definition) is 1. The smallest absolute Gasteiger partial charge is 0.340 e. The molecule has 1 fully saturated rings. The molecule has 1 saturated heterocycles. The third-order valence-electron chi connectivity index (χ3n) is 3.93. The number of carbonyl (C=O) groups is 2. The molecule has 0 spiro atoms. The minimum absolute atomic E-state index is 0.145. The minimum Gasteiger partial charge on any atom is -0.465 e. The lowest BCUT2D eigenvalue weighted by atomic mass is 10.0. The Hall–Kier alpha value is -2.04. The summed E-state index contributed by atoms with van der Waals surface area (Å²) in [5, 5.41) is 0. The third-order valence-corrected chi connectivity index (χ3v) is 3.93. The lowest BCUT2D eigenvalue weighted by Gasteiger charge is -2.19. The lowest BCUT2D eigenvalue weighted by molar-refractivity contribution is -0.128. The summed E-state index contributed by atoms with van der Waals surface area (Å²) in [6.45, 7) is 3.29. The standard InChI is InChI=1S/C16H22N2O3/c1-3-5-11-8-14(19)18(9-11)10-12-6-4-7-13(17)15(12)16(20)21-2/h4,6-7,11H,3,5,8-10,17H2,1-2H3. The summed E-state index contributed by atoms with van der Waals surface area (Å²) < 4.78 is 4.79. The van der Waals surface area contributed by atoms with E-state index in [0.717, 1.165) is 24.9 Å². The molecule has 0 aliphatic carbocycles. The Kier molecular flexibility index (Phi) is 4.83. The highest BCUT2D eigenvalue weighted by Crippen LogP contribution is 2.26. The van der Waals surface area contributed by atoms with Crippen molar-refractivity contribution in [3.63, 3.8) is 0 Å². The van der Waals surface area contributed by atoms with Crippen molar-refractivity contribution in [3.8, 4) is 0 Å². The van der Waals surface area contributed by atoms with Crippen LogP contribution in [0, 0.1) is 5.92 Å². The summed E-state index contributed by atoms with van der Waals surface area (Å²) in [6.07, 6.45) is 2.74. The number of esters is 1. The summed E-state index contributed by atoms with van der Waals surface area (Å²) in [4.78, 5) is 25.8. The largest absolute Gasteiger partial charge is 0.465 e. The van der Waals surface area contributed by atoms with E-state index < -0.39 is 5.97 Å². The maximum absolute atomic E-state index is 12.1. The normalized spacial score (nSPS) is 18.1. The fourth-order valence-corrected chi connectivity index (χ4v) is 2.92. The molecule has 1 aromatic carbocycles. The Labute approximate surface area is 125 Å². The zero-order valence-corrected chi connectivity index (χ0v) is 12.6. The van der Waals surface area contributed by atoms with Gasteiger partial charge in [-0.15, -0.1) is 0 Å². The van der Waals surface area contributed by atoms with E-state index in [1.165, 1.54) is 7.11 Å².